The van der Waals surface area contributed by atoms with E-state index < -0.39 is 32.1 Å². The molecule has 10 nitrogen and oxygen atoms in total. The van der Waals surface area contributed by atoms with E-state index in [9.17, 15) is 27.4 Å². The van der Waals surface area contributed by atoms with Crippen molar-refractivity contribution in [1.29, 1.82) is 0 Å². The zero-order valence-electron chi connectivity index (χ0n) is 25.8. The number of thioether (sulfide) groups is 1. The smallest absolute Gasteiger partial charge is 0.369 e. The van der Waals surface area contributed by atoms with Crippen LogP contribution in [-0.2, 0) is 20.4 Å². The molecule has 0 fully saturated rings. The highest BCUT2D eigenvalue weighted by Gasteiger charge is 2.25. The summed E-state index contributed by atoms with van der Waals surface area (Å²) in [6.45, 7) is 0.588. The lowest BCUT2D eigenvalue weighted by Gasteiger charge is -2.12. The van der Waals surface area contributed by atoms with Crippen molar-refractivity contribution >= 4 is 36.5 Å². The van der Waals surface area contributed by atoms with E-state index in [1.54, 1.807) is 16.3 Å². The molecule has 0 spiro atoms. The summed E-state index contributed by atoms with van der Waals surface area (Å²) in [4.78, 5) is 32.2. The molecule has 4 N–H and O–H groups in total. The zero-order chi connectivity index (χ0) is 32.1. The molecule has 0 aliphatic heterocycles. The molecule has 1 atom stereocenters. The lowest BCUT2D eigenvalue weighted by Crippen LogP contribution is -2.13. The molecular weight excluding hydrogens is 618 g/mol. The SMILES string of the molecule is Nc1nc2c(ncn2CCOCP(=O)(O)OCCSCCCCCCCCCCCCCCCCCCC(F)(F)F)c(=O)[nH]1. The van der Waals surface area contributed by atoms with Crippen LogP contribution >= 0.6 is 19.4 Å². The fourth-order valence-corrected chi connectivity index (χ4v) is 6.61. The Morgan fingerprint density at radius 3 is 2.00 bits per heavy atom. The first-order valence-electron chi connectivity index (χ1n) is 16.0. The van der Waals surface area contributed by atoms with E-state index in [0.717, 1.165) is 31.4 Å². The third-order valence-corrected chi connectivity index (χ3v) is 9.37. The number of alkyl halides is 3. The molecule has 0 aliphatic carbocycles. The standard InChI is InChI=1S/C29H51F3N5O5PS/c30-29(31,32)17-15-13-11-9-7-5-3-1-2-4-6-8-10-12-14-16-21-44-22-20-42-43(39,40)24-41-19-18-37-23-34-25-26(37)35-28(33)36-27(25)38/h23H,1-22,24H2,(H,39,40)(H3,33,35,36,38). The summed E-state index contributed by atoms with van der Waals surface area (Å²) >= 11 is 1.72. The molecule has 44 heavy (non-hydrogen) atoms. The monoisotopic (exact) mass is 669 g/mol. The Kier molecular flexibility index (Phi) is 19.3. The average molecular weight is 670 g/mol. The number of aromatic nitrogens is 4. The van der Waals surface area contributed by atoms with Gasteiger partial charge in [0, 0.05) is 18.7 Å². The number of ether oxygens (including phenoxy) is 1. The summed E-state index contributed by atoms with van der Waals surface area (Å²) in [5.74, 6) is 1.64. The number of halogens is 3. The zero-order valence-corrected chi connectivity index (χ0v) is 27.5. The summed E-state index contributed by atoms with van der Waals surface area (Å²) < 4.78 is 60.5. The topological polar surface area (TPSA) is 145 Å². The van der Waals surface area contributed by atoms with Crippen molar-refractivity contribution in [2.45, 2.75) is 122 Å². The fourth-order valence-electron chi connectivity index (χ4n) is 4.86. The number of hydrogen-bond donors (Lipinski definition) is 3. The van der Waals surface area contributed by atoms with Crippen LogP contribution < -0.4 is 11.3 Å². The second-order valence-corrected chi connectivity index (χ2v) is 14.2. The molecule has 15 heteroatoms. The van der Waals surface area contributed by atoms with Gasteiger partial charge in [0.2, 0.25) is 5.95 Å². The van der Waals surface area contributed by atoms with Crippen molar-refractivity contribution in [2.24, 2.45) is 0 Å². The number of nitrogens with zero attached hydrogens (tertiary/aromatic N) is 3. The molecule has 0 radical (unpaired) electrons. The van der Waals surface area contributed by atoms with Crippen LogP contribution in [0.2, 0.25) is 0 Å². The Bertz CT molecular complexity index is 1150. The summed E-state index contributed by atoms with van der Waals surface area (Å²) in [5, 5.41) is 0. The van der Waals surface area contributed by atoms with E-state index in [0.29, 0.717) is 17.8 Å². The second-order valence-electron chi connectivity index (χ2n) is 11.2. The van der Waals surface area contributed by atoms with Crippen molar-refractivity contribution < 1.29 is 31.9 Å². The van der Waals surface area contributed by atoms with Crippen molar-refractivity contribution in [3.8, 4) is 0 Å². The average Bonchev–Trinajstić information content (AvgIpc) is 3.36. The number of fused-ring (bicyclic) bond motifs is 1. The fraction of sp³-hybridized carbons (Fsp3) is 0.828. The molecule has 0 saturated heterocycles. The molecule has 2 aromatic heterocycles. The van der Waals surface area contributed by atoms with Crippen molar-refractivity contribution in [1.82, 2.24) is 19.5 Å². The number of anilines is 1. The Labute approximate surface area is 263 Å². The Balaban J connectivity index is 1.31. The number of nitrogens with one attached hydrogen (secondary N) is 1. The van der Waals surface area contributed by atoms with Gasteiger partial charge in [0.15, 0.2) is 11.2 Å². The van der Waals surface area contributed by atoms with Gasteiger partial charge in [-0.15, -0.1) is 0 Å². The van der Waals surface area contributed by atoms with Crippen LogP contribution in [0.15, 0.2) is 11.1 Å². The second kappa shape index (κ2) is 22.0. The number of nitrogen functional groups attached to an aromatic ring is 1. The summed E-state index contributed by atoms with van der Waals surface area (Å²) in [7, 11) is -3.84. The summed E-state index contributed by atoms with van der Waals surface area (Å²) in [5.41, 5.74) is 5.63. The largest absolute Gasteiger partial charge is 0.389 e. The summed E-state index contributed by atoms with van der Waals surface area (Å²) in [6, 6.07) is 0. The normalized spacial score (nSPS) is 13.5. The number of hydrogen-bond acceptors (Lipinski definition) is 8. The van der Waals surface area contributed by atoms with E-state index in [1.807, 2.05) is 0 Å². The van der Waals surface area contributed by atoms with Crippen LogP contribution in [0.25, 0.3) is 11.2 Å². The van der Waals surface area contributed by atoms with Crippen LogP contribution in [0.1, 0.15) is 109 Å². The van der Waals surface area contributed by atoms with Crippen molar-refractivity contribution in [3.63, 3.8) is 0 Å². The Hall–Kier alpha value is -1.60. The highest BCUT2D eigenvalue weighted by atomic mass is 32.2. The van der Waals surface area contributed by atoms with Crippen molar-refractivity contribution in [3.05, 3.63) is 16.7 Å². The maximum Gasteiger partial charge on any atom is 0.389 e. The van der Waals surface area contributed by atoms with Gasteiger partial charge < -0.3 is 24.5 Å². The van der Waals surface area contributed by atoms with Gasteiger partial charge >= 0.3 is 13.8 Å². The number of rotatable bonds is 27. The van der Waals surface area contributed by atoms with Crippen molar-refractivity contribution in [2.75, 3.05) is 36.8 Å². The third-order valence-electron chi connectivity index (χ3n) is 7.24. The van der Waals surface area contributed by atoms with E-state index in [2.05, 4.69) is 15.0 Å². The van der Waals surface area contributed by atoms with Gasteiger partial charge in [-0.1, -0.05) is 89.9 Å². The number of imidazole rings is 1. The van der Waals surface area contributed by atoms with Crippen LogP contribution in [0.3, 0.4) is 0 Å². The predicted octanol–water partition coefficient (Wildman–Crippen LogP) is 7.81. The van der Waals surface area contributed by atoms with Gasteiger partial charge in [-0.25, -0.2) is 4.98 Å². The lowest BCUT2D eigenvalue weighted by atomic mass is 10.0. The van der Waals surface area contributed by atoms with Crippen LogP contribution in [0.4, 0.5) is 19.1 Å². The third kappa shape index (κ3) is 18.4. The lowest BCUT2D eigenvalue weighted by molar-refractivity contribution is -0.135. The van der Waals surface area contributed by atoms with Gasteiger partial charge in [-0.2, -0.15) is 29.9 Å². The molecule has 0 bridgehead atoms. The molecule has 0 amide bonds. The molecule has 2 heterocycles. The van der Waals surface area contributed by atoms with E-state index in [-0.39, 0.29) is 37.6 Å². The number of H-pyrrole nitrogens is 1. The Morgan fingerprint density at radius 1 is 0.886 bits per heavy atom. The molecule has 1 unspecified atom stereocenters. The number of nitrogens with two attached hydrogens (primary N) is 1. The minimum atomic E-state index is -4.00. The molecule has 2 aromatic rings. The first-order chi connectivity index (χ1) is 21.1. The van der Waals surface area contributed by atoms with Gasteiger partial charge in [0.05, 0.1) is 19.5 Å². The van der Waals surface area contributed by atoms with E-state index in [4.69, 9.17) is 15.0 Å². The highest BCUT2D eigenvalue weighted by Crippen LogP contribution is 2.41. The van der Waals surface area contributed by atoms with E-state index >= 15 is 0 Å². The van der Waals surface area contributed by atoms with Crippen LogP contribution in [0, 0.1) is 0 Å². The predicted molar refractivity (Wildman–Crippen MR) is 171 cm³/mol. The molecule has 0 aromatic carbocycles. The Morgan fingerprint density at radius 2 is 1.43 bits per heavy atom. The maximum absolute atomic E-state index is 12.2. The quantitative estimate of drug-likeness (QED) is 0.0641. The number of unbranched alkanes of at least 4 members (excludes halogenated alkanes) is 15. The molecular formula is C29H51F3N5O5PS. The van der Waals surface area contributed by atoms with Gasteiger partial charge in [-0.3, -0.25) is 14.3 Å². The molecule has 254 valence electrons. The van der Waals surface area contributed by atoms with Gasteiger partial charge in [0.25, 0.3) is 5.56 Å². The van der Waals surface area contributed by atoms with Gasteiger partial charge in [0.1, 0.15) is 6.35 Å². The summed E-state index contributed by atoms with van der Waals surface area (Å²) in [6.07, 6.45) is 14.1. The molecule has 2 rings (SSSR count). The van der Waals surface area contributed by atoms with E-state index in [1.165, 1.54) is 70.5 Å². The number of aromatic amines is 1. The minimum Gasteiger partial charge on any atom is -0.369 e. The van der Waals surface area contributed by atoms with Crippen LogP contribution in [-0.4, -0.2) is 61.7 Å². The van der Waals surface area contributed by atoms with Gasteiger partial charge in [-0.05, 0) is 18.6 Å². The molecule has 0 aliphatic rings. The first-order valence-corrected chi connectivity index (χ1v) is 18.9. The van der Waals surface area contributed by atoms with Crippen LogP contribution in [0.5, 0.6) is 0 Å². The molecule has 0 saturated carbocycles. The minimum absolute atomic E-state index is 0.0155. The maximum atomic E-state index is 12.2. The first kappa shape index (κ1) is 38.6. The highest BCUT2D eigenvalue weighted by molar-refractivity contribution is 7.99.